The number of nitrogens with two attached hydrogens (primary N) is 1. The molecule has 0 aliphatic carbocycles. The van der Waals surface area contributed by atoms with Gasteiger partial charge in [0, 0.05) is 18.0 Å². The topological polar surface area (TPSA) is 105 Å². The normalized spacial score (nSPS) is 22.1. The molecule has 0 saturated carbocycles. The zero-order chi connectivity index (χ0) is 14.9. The van der Waals surface area contributed by atoms with E-state index in [0.717, 1.165) is 3.79 Å². The van der Waals surface area contributed by atoms with E-state index in [1.54, 1.807) is 13.0 Å². The molecule has 1 aromatic rings. The van der Waals surface area contributed by atoms with Crippen LogP contribution in [0.2, 0.25) is 0 Å². The molecule has 0 aromatic carbocycles. The molecule has 1 saturated heterocycles. The van der Waals surface area contributed by atoms with Crippen molar-refractivity contribution in [3.8, 4) is 0 Å². The highest BCUT2D eigenvalue weighted by atomic mass is 79.9. The van der Waals surface area contributed by atoms with Crippen LogP contribution in [0, 0.1) is 6.92 Å². The highest BCUT2D eigenvalue weighted by molar-refractivity contribution is 9.11. The summed E-state index contributed by atoms with van der Waals surface area (Å²) >= 11 is 4.65. The number of amidine groups is 1. The Morgan fingerprint density at radius 1 is 1.70 bits per heavy atom. The predicted octanol–water partition coefficient (Wildman–Crippen LogP) is 0.955. The molecule has 112 valence electrons. The average molecular weight is 384 g/mol. The van der Waals surface area contributed by atoms with Crippen molar-refractivity contribution in [2.75, 3.05) is 19.7 Å². The van der Waals surface area contributed by atoms with Gasteiger partial charge in [0.2, 0.25) is 10.0 Å². The summed E-state index contributed by atoms with van der Waals surface area (Å²) in [4.78, 5) is 0.984. The lowest BCUT2D eigenvalue weighted by molar-refractivity contribution is 0.0355. The van der Waals surface area contributed by atoms with Gasteiger partial charge in [0.15, 0.2) is 5.84 Å². The van der Waals surface area contributed by atoms with E-state index >= 15 is 0 Å². The average Bonchev–Trinajstić information content (AvgIpc) is 2.77. The second-order valence-electron chi connectivity index (χ2n) is 4.22. The fourth-order valence-corrected chi connectivity index (χ4v) is 5.72. The second kappa shape index (κ2) is 5.98. The van der Waals surface area contributed by atoms with E-state index in [9.17, 15) is 8.42 Å². The smallest absolute Gasteiger partial charge is 0.244 e. The molecule has 2 rings (SSSR count). The van der Waals surface area contributed by atoms with E-state index in [1.165, 1.54) is 15.6 Å². The first-order chi connectivity index (χ1) is 9.36. The Bertz CT molecular complexity index is 628. The molecule has 2 heterocycles. The molecule has 0 bridgehead atoms. The number of halogens is 1. The van der Waals surface area contributed by atoms with E-state index in [2.05, 4.69) is 21.1 Å². The molecule has 3 N–H and O–H groups in total. The second-order valence-corrected chi connectivity index (χ2v) is 8.76. The minimum Gasteiger partial charge on any atom is -0.409 e. The van der Waals surface area contributed by atoms with Gasteiger partial charge in [0.05, 0.1) is 15.3 Å². The van der Waals surface area contributed by atoms with Crippen molar-refractivity contribution >= 4 is 43.1 Å². The van der Waals surface area contributed by atoms with Gasteiger partial charge in [0.25, 0.3) is 0 Å². The molecule has 20 heavy (non-hydrogen) atoms. The lowest BCUT2D eigenvalue weighted by atomic mass is 10.3. The largest absolute Gasteiger partial charge is 0.409 e. The number of hydrogen-bond acceptors (Lipinski definition) is 6. The van der Waals surface area contributed by atoms with Gasteiger partial charge in [-0.25, -0.2) is 8.42 Å². The highest BCUT2D eigenvalue weighted by Crippen LogP contribution is 2.32. The molecule has 1 unspecified atom stereocenters. The molecule has 1 atom stereocenters. The van der Waals surface area contributed by atoms with Gasteiger partial charge < -0.3 is 15.7 Å². The number of nitrogens with zero attached hydrogens (tertiary/aromatic N) is 2. The zero-order valence-electron chi connectivity index (χ0n) is 10.6. The quantitative estimate of drug-likeness (QED) is 0.350. The molecule has 0 radical (unpaired) electrons. The number of sulfonamides is 1. The van der Waals surface area contributed by atoms with Crippen LogP contribution >= 0.6 is 27.3 Å². The number of thiophene rings is 1. The number of hydrogen-bond donors (Lipinski definition) is 2. The van der Waals surface area contributed by atoms with E-state index < -0.39 is 16.1 Å². The fourth-order valence-electron chi connectivity index (χ4n) is 1.91. The van der Waals surface area contributed by atoms with Gasteiger partial charge in [-0.1, -0.05) is 5.16 Å². The van der Waals surface area contributed by atoms with Crippen LogP contribution in [0.1, 0.15) is 4.88 Å². The first-order valence-corrected chi connectivity index (χ1v) is 8.76. The van der Waals surface area contributed by atoms with Crippen molar-refractivity contribution in [3.05, 3.63) is 14.7 Å². The summed E-state index contributed by atoms with van der Waals surface area (Å²) in [5, 5.41) is 11.5. The van der Waals surface area contributed by atoms with Crippen molar-refractivity contribution in [2.45, 2.75) is 17.9 Å². The van der Waals surface area contributed by atoms with Crippen LogP contribution in [-0.2, 0) is 14.8 Å². The Hall–Kier alpha value is -0.680. The van der Waals surface area contributed by atoms with Crippen LogP contribution < -0.4 is 5.73 Å². The Kier molecular flexibility index (Phi) is 4.69. The van der Waals surface area contributed by atoms with E-state index in [-0.39, 0.29) is 30.4 Å². The van der Waals surface area contributed by atoms with Crippen LogP contribution in [0.5, 0.6) is 0 Å². The molecule has 7 nitrogen and oxygen atoms in total. The van der Waals surface area contributed by atoms with Crippen molar-refractivity contribution < 1.29 is 18.4 Å². The van der Waals surface area contributed by atoms with Crippen molar-refractivity contribution in [1.82, 2.24) is 4.31 Å². The minimum absolute atomic E-state index is 0.0329. The van der Waals surface area contributed by atoms with Crippen molar-refractivity contribution in [2.24, 2.45) is 10.9 Å². The fraction of sp³-hybridized carbons (Fsp3) is 0.500. The Morgan fingerprint density at radius 2 is 2.40 bits per heavy atom. The summed E-state index contributed by atoms with van der Waals surface area (Å²) in [7, 11) is -3.60. The standard InChI is InChI=1S/C10H14BrN3O4S2/c1-6-8(4-9(11)19-6)20(16,17)14-2-3-18-7(5-14)10(12)13-15/h4,7,15H,2-3,5H2,1H3,(H2,12,13). The van der Waals surface area contributed by atoms with Gasteiger partial charge in [-0.15, -0.1) is 11.3 Å². The maximum atomic E-state index is 12.6. The van der Waals surface area contributed by atoms with Gasteiger partial charge >= 0.3 is 0 Å². The summed E-state index contributed by atoms with van der Waals surface area (Å²) in [6, 6.07) is 1.59. The van der Waals surface area contributed by atoms with Gasteiger partial charge in [-0.2, -0.15) is 4.31 Å². The van der Waals surface area contributed by atoms with Crippen LogP contribution in [0.25, 0.3) is 0 Å². The summed E-state index contributed by atoms with van der Waals surface area (Å²) in [5.41, 5.74) is 5.47. The monoisotopic (exact) mass is 383 g/mol. The van der Waals surface area contributed by atoms with Crippen molar-refractivity contribution in [1.29, 1.82) is 0 Å². The lowest BCUT2D eigenvalue weighted by Crippen LogP contribution is -2.50. The van der Waals surface area contributed by atoms with Crippen LogP contribution in [-0.4, -0.2) is 49.6 Å². The molecule has 1 aliphatic heterocycles. The molecule has 1 aliphatic rings. The van der Waals surface area contributed by atoms with Crippen molar-refractivity contribution in [3.63, 3.8) is 0 Å². The summed E-state index contributed by atoms with van der Waals surface area (Å²) in [6.45, 7) is 2.23. The molecule has 10 heteroatoms. The Morgan fingerprint density at radius 3 is 2.95 bits per heavy atom. The number of oxime groups is 1. The summed E-state index contributed by atoms with van der Waals surface area (Å²) in [5.74, 6) is -0.131. The highest BCUT2D eigenvalue weighted by Gasteiger charge is 2.34. The third kappa shape index (κ3) is 2.98. The Balaban J connectivity index is 2.28. The molecule has 0 spiro atoms. The van der Waals surface area contributed by atoms with E-state index in [0.29, 0.717) is 4.88 Å². The molecular formula is C10H14BrN3O4S2. The number of rotatable bonds is 3. The summed E-state index contributed by atoms with van der Waals surface area (Å²) < 4.78 is 32.5. The number of ether oxygens (including phenoxy) is 1. The predicted molar refractivity (Wildman–Crippen MR) is 78.7 cm³/mol. The maximum Gasteiger partial charge on any atom is 0.244 e. The third-order valence-electron chi connectivity index (χ3n) is 2.93. The number of aryl methyl sites for hydroxylation is 1. The first kappa shape index (κ1) is 15.7. The van der Waals surface area contributed by atoms with E-state index in [4.69, 9.17) is 15.7 Å². The minimum atomic E-state index is -3.60. The van der Waals surface area contributed by atoms with Gasteiger partial charge in [0.1, 0.15) is 6.10 Å². The summed E-state index contributed by atoms with van der Waals surface area (Å²) in [6.07, 6.45) is -0.731. The first-order valence-electron chi connectivity index (χ1n) is 5.71. The molecule has 1 fully saturated rings. The number of morpholine rings is 1. The third-order valence-corrected chi connectivity index (χ3v) is 6.61. The molecule has 1 aromatic heterocycles. The van der Waals surface area contributed by atoms with Crippen LogP contribution in [0.3, 0.4) is 0 Å². The maximum absolute atomic E-state index is 12.6. The zero-order valence-corrected chi connectivity index (χ0v) is 13.8. The van der Waals surface area contributed by atoms with Crippen LogP contribution in [0.4, 0.5) is 0 Å². The molecule has 0 amide bonds. The van der Waals surface area contributed by atoms with Gasteiger partial charge in [-0.3, -0.25) is 0 Å². The molecular weight excluding hydrogens is 370 g/mol. The lowest BCUT2D eigenvalue weighted by Gasteiger charge is -2.31. The SMILES string of the molecule is Cc1sc(Br)cc1S(=O)(=O)N1CCOC(C(N)=NO)C1. The van der Waals surface area contributed by atoms with Crippen LogP contribution in [0.15, 0.2) is 19.9 Å². The Labute approximate surface area is 129 Å². The van der Waals surface area contributed by atoms with E-state index in [1.807, 2.05) is 0 Å². The van der Waals surface area contributed by atoms with Gasteiger partial charge in [-0.05, 0) is 28.9 Å².